The monoisotopic (exact) mass is 345 g/mol. The number of ether oxygens (including phenoxy) is 1. The molecular weight excluding hydrogens is 326 g/mol. The summed E-state index contributed by atoms with van der Waals surface area (Å²) in [5.74, 6) is 1.11. The van der Waals surface area contributed by atoms with Crippen LogP contribution in [-0.2, 0) is 11.3 Å². The number of carbonyl (C=O) groups excluding carboxylic acids is 1. The first kappa shape index (κ1) is 16.6. The molecule has 0 bridgehead atoms. The smallest absolute Gasteiger partial charge is 0.257 e. The van der Waals surface area contributed by atoms with Crippen molar-refractivity contribution in [2.24, 2.45) is 5.92 Å². The van der Waals surface area contributed by atoms with Crippen LogP contribution in [0.5, 0.6) is 5.75 Å². The van der Waals surface area contributed by atoms with E-state index in [-0.39, 0.29) is 17.4 Å². The van der Waals surface area contributed by atoms with Gasteiger partial charge in [0.25, 0.3) is 5.56 Å². The summed E-state index contributed by atoms with van der Waals surface area (Å²) in [6.45, 7) is 2.95. The Balaban J connectivity index is 1.51. The van der Waals surface area contributed by atoms with Crippen molar-refractivity contribution >= 4 is 17.7 Å². The standard InChI is InChI=1S/C17H19N3O3S/c1-12-9-19-17-20(16(12)22)10-13(11-24-17)15(21)18-7-8-23-14-5-3-2-4-6-14/h2-6,9,13H,7-8,10-11H2,1H3,(H,18,21). The Morgan fingerprint density at radius 3 is 3.00 bits per heavy atom. The average molecular weight is 345 g/mol. The minimum Gasteiger partial charge on any atom is -0.492 e. The van der Waals surface area contributed by atoms with Gasteiger partial charge in [-0.05, 0) is 19.1 Å². The maximum Gasteiger partial charge on any atom is 0.257 e. The molecule has 1 aliphatic heterocycles. The van der Waals surface area contributed by atoms with Crippen molar-refractivity contribution in [1.82, 2.24) is 14.9 Å². The average Bonchev–Trinajstić information content (AvgIpc) is 2.62. The Morgan fingerprint density at radius 1 is 1.42 bits per heavy atom. The van der Waals surface area contributed by atoms with Crippen LogP contribution in [0.2, 0.25) is 0 Å². The molecule has 1 N–H and O–H groups in total. The number of hydrogen-bond donors (Lipinski definition) is 1. The van der Waals surface area contributed by atoms with Crippen LogP contribution in [-0.4, -0.2) is 34.4 Å². The fraction of sp³-hybridized carbons (Fsp3) is 0.353. The van der Waals surface area contributed by atoms with E-state index >= 15 is 0 Å². The van der Waals surface area contributed by atoms with Gasteiger partial charge >= 0.3 is 0 Å². The van der Waals surface area contributed by atoms with E-state index in [0.29, 0.717) is 36.2 Å². The lowest BCUT2D eigenvalue weighted by Gasteiger charge is -2.24. The number of rotatable bonds is 5. The Bertz CT molecular complexity index is 776. The van der Waals surface area contributed by atoms with E-state index in [0.717, 1.165) is 5.75 Å². The molecule has 0 saturated carbocycles. The third-order valence-corrected chi connectivity index (χ3v) is 4.94. The fourth-order valence-corrected chi connectivity index (χ4v) is 3.51. The quantitative estimate of drug-likeness (QED) is 0.656. The number of aryl methyl sites for hydroxylation is 1. The topological polar surface area (TPSA) is 73.2 Å². The summed E-state index contributed by atoms with van der Waals surface area (Å²) < 4.78 is 7.14. The molecule has 0 aliphatic carbocycles. The minimum atomic E-state index is -0.236. The number of fused-ring (bicyclic) bond motifs is 1. The minimum absolute atomic E-state index is 0.0572. The highest BCUT2D eigenvalue weighted by Gasteiger charge is 2.26. The SMILES string of the molecule is Cc1cnc2n(c1=O)CC(C(=O)NCCOc1ccccc1)CS2. The highest BCUT2D eigenvalue weighted by molar-refractivity contribution is 7.99. The number of para-hydroxylation sites is 1. The van der Waals surface area contributed by atoms with Gasteiger partial charge in [-0.15, -0.1) is 0 Å². The Labute approximate surface area is 144 Å². The first-order valence-corrected chi connectivity index (χ1v) is 8.78. The van der Waals surface area contributed by atoms with Gasteiger partial charge in [0.1, 0.15) is 12.4 Å². The van der Waals surface area contributed by atoms with E-state index in [1.807, 2.05) is 30.3 Å². The predicted molar refractivity (Wildman–Crippen MR) is 92.4 cm³/mol. The lowest BCUT2D eigenvalue weighted by atomic mass is 10.1. The van der Waals surface area contributed by atoms with Crippen LogP contribution < -0.4 is 15.6 Å². The molecule has 0 fully saturated rings. The van der Waals surface area contributed by atoms with Crippen molar-refractivity contribution in [2.45, 2.75) is 18.6 Å². The Hall–Kier alpha value is -2.28. The normalized spacial score (nSPS) is 16.3. The predicted octanol–water partition coefficient (Wildman–Crippen LogP) is 1.47. The molecule has 3 rings (SSSR count). The third-order valence-electron chi connectivity index (χ3n) is 3.78. The number of thioether (sulfide) groups is 1. The van der Waals surface area contributed by atoms with Gasteiger partial charge in [0, 0.05) is 24.1 Å². The third kappa shape index (κ3) is 3.79. The van der Waals surface area contributed by atoms with Crippen molar-refractivity contribution < 1.29 is 9.53 Å². The van der Waals surface area contributed by atoms with E-state index in [2.05, 4.69) is 10.3 Å². The lowest BCUT2D eigenvalue weighted by molar-refractivity contribution is -0.124. The summed E-state index contributed by atoms with van der Waals surface area (Å²) in [7, 11) is 0. The number of carbonyl (C=O) groups is 1. The molecule has 1 aromatic carbocycles. The second-order valence-corrected chi connectivity index (χ2v) is 6.59. The van der Waals surface area contributed by atoms with Crippen LogP contribution in [0, 0.1) is 12.8 Å². The summed E-state index contributed by atoms with van der Waals surface area (Å²) in [6, 6.07) is 9.47. The van der Waals surface area contributed by atoms with Crippen LogP contribution >= 0.6 is 11.8 Å². The molecule has 2 heterocycles. The van der Waals surface area contributed by atoms with Crippen molar-refractivity contribution in [1.29, 1.82) is 0 Å². The molecule has 1 atom stereocenters. The van der Waals surface area contributed by atoms with Crippen LogP contribution in [0.15, 0.2) is 46.5 Å². The van der Waals surface area contributed by atoms with E-state index < -0.39 is 0 Å². The maximum absolute atomic E-state index is 12.3. The van der Waals surface area contributed by atoms with Gasteiger partial charge in [-0.2, -0.15) is 0 Å². The molecule has 0 radical (unpaired) electrons. The molecule has 0 spiro atoms. The summed E-state index contributed by atoms with van der Waals surface area (Å²) in [5, 5.41) is 3.56. The first-order valence-electron chi connectivity index (χ1n) is 7.80. The lowest BCUT2D eigenvalue weighted by Crippen LogP contribution is -2.41. The van der Waals surface area contributed by atoms with Gasteiger partial charge in [-0.25, -0.2) is 4.98 Å². The molecule has 2 aromatic rings. The molecule has 126 valence electrons. The Morgan fingerprint density at radius 2 is 2.21 bits per heavy atom. The van der Waals surface area contributed by atoms with E-state index in [4.69, 9.17) is 4.74 Å². The highest BCUT2D eigenvalue weighted by atomic mass is 32.2. The van der Waals surface area contributed by atoms with Crippen LogP contribution in [0.25, 0.3) is 0 Å². The largest absolute Gasteiger partial charge is 0.492 e. The number of hydrogen-bond acceptors (Lipinski definition) is 5. The number of nitrogens with zero attached hydrogens (tertiary/aromatic N) is 2. The zero-order valence-corrected chi connectivity index (χ0v) is 14.2. The van der Waals surface area contributed by atoms with Gasteiger partial charge in [0.15, 0.2) is 5.16 Å². The van der Waals surface area contributed by atoms with Crippen molar-refractivity contribution in [3.63, 3.8) is 0 Å². The van der Waals surface area contributed by atoms with Crippen LogP contribution in [0.1, 0.15) is 5.56 Å². The second-order valence-electron chi connectivity index (χ2n) is 5.60. The molecule has 6 nitrogen and oxygen atoms in total. The zero-order valence-electron chi connectivity index (χ0n) is 13.4. The van der Waals surface area contributed by atoms with E-state index in [9.17, 15) is 9.59 Å². The van der Waals surface area contributed by atoms with Gasteiger partial charge in [-0.3, -0.25) is 14.2 Å². The maximum atomic E-state index is 12.3. The molecular formula is C17H19N3O3S. The van der Waals surface area contributed by atoms with Gasteiger partial charge in [0.2, 0.25) is 5.91 Å². The molecule has 24 heavy (non-hydrogen) atoms. The summed E-state index contributed by atoms with van der Waals surface area (Å²) in [4.78, 5) is 28.7. The fourth-order valence-electron chi connectivity index (χ4n) is 2.46. The summed E-state index contributed by atoms with van der Waals surface area (Å²) >= 11 is 1.44. The molecule has 0 saturated heterocycles. The van der Waals surface area contributed by atoms with Crippen molar-refractivity contribution in [2.75, 3.05) is 18.9 Å². The zero-order chi connectivity index (χ0) is 16.9. The number of benzene rings is 1. The molecule has 1 amide bonds. The number of aromatic nitrogens is 2. The van der Waals surface area contributed by atoms with Crippen LogP contribution in [0.4, 0.5) is 0 Å². The second kappa shape index (κ2) is 7.53. The molecule has 1 aromatic heterocycles. The molecule has 1 unspecified atom stereocenters. The number of nitrogens with one attached hydrogen (secondary N) is 1. The molecule has 1 aliphatic rings. The molecule has 7 heteroatoms. The van der Waals surface area contributed by atoms with Crippen molar-refractivity contribution in [3.8, 4) is 5.75 Å². The highest BCUT2D eigenvalue weighted by Crippen LogP contribution is 2.24. The van der Waals surface area contributed by atoms with E-state index in [1.54, 1.807) is 17.7 Å². The summed E-state index contributed by atoms with van der Waals surface area (Å²) in [6.07, 6.45) is 1.59. The van der Waals surface area contributed by atoms with Crippen molar-refractivity contribution in [3.05, 3.63) is 52.4 Å². The van der Waals surface area contributed by atoms with Crippen LogP contribution in [0.3, 0.4) is 0 Å². The van der Waals surface area contributed by atoms with E-state index in [1.165, 1.54) is 11.8 Å². The Kier molecular flexibility index (Phi) is 5.20. The van der Waals surface area contributed by atoms with Gasteiger partial charge < -0.3 is 10.1 Å². The summed E-state index contributed by atoms with van der Waals surface area (Å²) in [5.41, 5.74) is 0.522. The van der Waals surface area contributed by atoms with Gasteiger partial charge in [0.05, 0.1) is 12.5 Å². The number of amides is 1. The van der Waals surface area contributed by atoms with Gasteiger partial charge in [-0.1, -0.05) is 30.0 Å². The first-order chi connectivity index (χ1) is 11.6.